The molecule has 0 spiro atoms. The first kappa shape index (κ1) is 19.5. The van der Waals surface area contributed by atoms with Gasteiger partial charge in [0, 0.05) is 18.1 Å². The van der Waals surface area contributed by atoms with Gasteiger partial charge < -0.3 is 5.73 Å². The van der Waals surface area contributed by atoms with Crippen LogP contribution in [0.1, 0.15) is 24.1 Å². The maximum Gasteiger partial charge on any atom is 0.333 e. The molecule has 0 fully saturated rings. The molecular formula is C24H19F2N7. The molecule has 0 radical (unpaired) electrons. The van der Waals surface area contributed by atoms with Gasteiger partial charge in [-0.2, -0.15) is 13.9 Å². The second-order valence-electron chi connectivity index (χ2n) is 8.01. The highest BCUT2D eigenvalue weighted by Crippen LogP contribution is 2.33. The van der Waals surface area contributed by atoms with Crippen LogP contribution in [0, 0.1) is 0 Å². The van der Waals surface area contributed by atoms with Crippen LogP contribution in [-0.4, -0.2) is 29.3 Å². The normalized spacial score (nSPS) is 13.2. The monoisotopic (exact) mass is 443 g/mol. The first-order valence-electron chi connectivity index (χ1n) is 10.6. The van der Waals surface area contributed by atoms with Gasteiger partial charge in [-0.3, -0.25) is 4.57 Å². The Morgan fingerprint density at radius 2 is 1.82 bits per heavy atom. The van der Waals surface area contributed by atoms with Gasteiger partial charge >= 0.3 is 6.55 Å². The Balaban J connectivity index is 1.60. The number of hydrogen-bond acceptors (Lipinski definition) is 5. The minimum absolute atomic E-state index is 0.362. The van der Waals surface area contributed by atoms with Crippen LogP contribution in [-0.2, 0) is 12.8 Å². The SMILES string of the molecule is Nc1ncccc1-c1nc2ccc(-c3ccn(C(F)F)n3)nc2n1-c1ccc2c(c1)CCC2. The number of anilines is 1. The number of nitrogens with zero attached hydrogens (tertiary/aromatic N) is 6. The van der Waals surface area contributed by atoms with Crippen LogP contribution in [0.5, 0.6) is 0 Å². The van der Waals surface area contributed by atoms with Crippen molar-refractivity contribution in [2.45, 2.75) is 25.8 Å². The van der Waals surface area contributed by atoms with E-state index in [1.165, 1.54) is 23.4 Å². The predicted octanol–water partition coefficient (Wildman–Crippen LogP) is 4.81. The Morgan fingerprint density at radius 1 is 0.939 bits per heavy atom. The fourth-order valence-corrected chi connectivity index (χ4v) is 4.41. The lowest BCUT2D eigenvalue weighted by atomic mass is 10.1. The summed E-state index contributed by atoms with van der Waals surface area (Å²) >= 11 is 0. The zero-order valence-electron chi connectivity index (χ0n) is 17.5. The van der Waals surface area contributed by atoms with E-state index in [1.807, 2.05) is 22.8 Å². The molecular weight excluding hydrogens is 424 g/mol. The maximum atomic E-state index is 13.0. The number of rotatable bonds is 4. The third kappa shape index (κ3) is 3.24. The van der Waals surface area contributed by atoms with Gasteiger partial charge in [-0.25, -0.2) is 19.6 Å². The summed E-state index contributed by atoms with van der Waals surface area (Å²) in [5, 5.41) is 3.96. The van der Waals surface area contributed by atoms with Gasteiger partial charge in [0.25, 0.3) is 0 Å². The van der Waals surface area contributed by atoms with Crippen molar-refractivity contribution in [2.24, 2.45) is 0 Å². The molecule has 7 nitrogen and oxygen atoms in total. The van der Waals surface area contributed by atoms with Crippen LogP contribution in [0.4, 0.5) is 14.6 Å². The number of pyridine rings is 2. The van der Waals surface area contributed by atoms with Gasteiger partial charge in [0.05, 0.1) is 11.3 Å². The van der Waals surface area contributed by atoms with Crippen LogP contribution >= 0.6 is 0 Å². The van der Waals surface area contributed by atoms with Gasteiger partial charge in [-0.15, -0.1) is 0 Å². The van der Waals surface area contributed by atoms with Gasteiger partial charge in [0.1, 0.15) is 17.0 Å². The van der Waals surface area contributed by atoms with E-state index in [4.69, 9.17) is 15.7 Å². The third-order valence-corrected chi connectivity index (χ3v) is 5.99. The average Bonchev–Trinajstić information content (AvgIpc) is 3.56. The Morgan fingerprint density at radius 3 is 2.64 bits per heavy atom. The summed E-state index contributed by atoms with van der Waals surface area (Å²) in [6, 6.07) is 15.1. The fraction of sp³-hybridized carbons (Fsp3) is 0.167. The molecule has 4 aromatic heterocycles. The molecule has 9 heteroatoms. The van der Waals surface area contributed by atoms with E-state index in [0.29, 0.717) is 44.4 Å². The third-order valence-electron chi connectivity index (χ3n) is 5.99. The summed E-state index contributed by atoms with van der Waals surface area (Å²) in [6.07, 6.45) is 6.13. The zero-order valence-corrected chi connectivity index (χ0v) is 17.5. The average molecular weight is 443 g/mol. The number of imidazole rings is 1. The summed E-state index contributed by atoms with van der Waals surface area (Å²) < 4.78 is 28.6. The molecule has 1 aliphatic rings. The molecule has 0 unspecified atom stereocenters. The molecule has 6 rings (SSSR count). The molecule has 164 valence electrons. The van der Waals surface area contributed by atoms with Gasteiger partial charge in [0.2, 0.25) is 0 Å². The molecule has 1 aromatic carbocycles. The van der Waals surface area contributed by atoms with Crippen LogP contribution in [0.15, 0.2) is 60.9 Å². The lowest BCUT2D eigenvalue weighted by Crippen LogP contribution is -2.03. The van der Waals surface area contributed by atoms with Crippen LogP contribution < -0.4 is 5.73 Å². The quantitative estimate of drug-likeness (QED) is 0.431. The highest BCUT2D eigenvalue weighted by Gasteiger charge is 2.21. The molecule has 1 aliphatic carbocycles. The number of benzene rings is 1. The summed E-state index contributed by atoms with van der Waals surface area (Å²) in [6.45, 7) is -2.71. The summed E-state index contributed by atoms with van der Waals surface area (Å²) in [5.74, 6) is 0.988. The fourth-order valence-electron chi connectivity index (χ4n) is 4.41. The van der Waals surface area contributed by atoms with E-state index < -0.39 is 6.55 Å². The van der Waals surface area contributed by atoms with Gasteiger partial charge in [-0.05, 0) is 72.9 Å². The van der Waals surface area contributed by atoms with Crippen LogP contribution in [0.3, 0.4) is 0 Å². The molecule has 0 bridgehead atoms. The number of hydrogen-bond donors (Lipinski definition) is 1. The first-order chi connectivity index (χ1) is 16.1. The highest BCUT2D eigenvalue weighted by atomic mass is 19.3. The lowest BCUT2D eigenvalue weighted by molar-refractivity contribution is 0.0568. The summed E-state index contributed by atoms with van der Waals surface area (Å²) in [5.41, 5.74) is 12.6. The number of alkyl halides is 2. The van der Waals surface area contributed by atoms with Crippen molar-refractivity contribution in [1.82, 2.24) is 29.3 Å². The van der Waals surface area contributed by atoms with Crippen molar-refractivity contribution in [2.75, 3.05) is 5.73 Å². The topological polar surface area (TPSA) is 87.4 Å². The molecule has 0 saturated carbocycles. The molecule has 0 atom stereocenters. The van der Waals surface area contributed by atoms with E-state index in [1.54, 1.807) is 12.3 Å². The largest absolute Gasteiger partial charge is 0.383 e. The summed E-state index contributed by atoms with van der Waals surface area (Å²) in [7, 11) is 0. The molecule has 33 heavy (non-hydrogen) atoms. The Hall–Kier alpha value is -4.14. The number of nitrogens with two attached hydrogens (primary N) is 1. The minimum Gasteiger partial charge on any atom is -0.383 e. The Bertz CT molecular complexity index is 1500. The predicted molar refractivity (Wildman–Crippen MR) is 121 cm³/mol. The Labute approximate surface area is 187 Å². The summed E-state index contributed by atoms with van der Waals surface area (Å²) in [4.78, 5) is 13.8. The molecule has 2 N–H and O–H groups in total. The molecule has 5 aromatic rings. The van der Waals surface area contributed by atoms with Crippen molar-refractivity contribution in [3.8, 4) is 28.5 Å². The van der Waals surface area contributed by atoms with Crippen LogP contribution in [0.2, 0.25) is 0 Å². The van der Waals surface area contributed by atoms with E-state index in [9.17, 15) is 8.78 Å². The molecule has 4 heterocycles. The standard InChI is InChI=1S/C24H19F2N7/c25-24(26)32-12-10-19(31-32)18-8-9-20-23(29-18)33(16-7-6-14-3-1-4-15(14)13-16)22(30-20)17-5-2-11-28-21(17)27/h2,5-13,24H,1,3-4H2,(H2,27,28). The zero-order chi connectivity index (χ0) is 22.5. The second kappa shape index (κ2) is 7.47. The number of aryl methyl sites for hydroxylation is 2. The number of halogens is 2. The van der Waals surface area contributed by atoms with Crippen molar-refractivity contribution >= 4 is 17.0 Å². The van der Waals surface area contributed by atoms with Crippen molar-refractivity contribution in [3.63, 3.8) is 0 Å². The van der Waals surface area contributed by atoms with E-state index >= 15 is 0 Å². The lowest BCUT2D eigenvalue weighted by Gasteiger charge is -2.12. The molecule has 0 aliphatic heterocycles. The maximum absolute atomic E-state index is 13.0. The Kier molecular flexibility index (Phi) is 4.42. The van der Waals surface area contributed by atoms with Gasteiger partial charge in [0.15, 0.2) is 11.5 Å². The minimum atomic E-state index is -2.71. The van der Waals surface area contributed by atoms with E-state index in [2.05, 4.69) is 28.3 Å². The van der Waals surface area contributed by atoms with E-state index in [0.717, 1.165) is 24.9 Å². The van der Waals surface area contributed by atoms with Crippen LogP contribution in [0.25, 0.3) is 39.6 Å². The molecule has 0 amide bonds. The highest BCUT2D eigenvalue weighted by molar-refractivity contribution is 5.84. The second-order valence-corrected chi connectivity index (χ2v) is 8.01. The number of nitrogen functional groups attached to an aromatic ring is 1. The van der Waals surface area contributed by atoms with E-state index in [-0.39, 0.29) is 0 Å². The van der Waals surface area contributed by atoms with Crippen molar-refractivity contribution in [3.05, 3.63) is 72.1 Å². The first-order valence-corrected chi connectivity index (χ1v) is 10.6. The smallest absolute Gasteiger partial charge is 0.333 e. The van der Waals surface area contributed by atoms with Crippen molar-refractivity contribution < 1.29 is 8.78 Å². The number of aromatic nitrogens is 6. The number of fused-ring (bicyclic) bond motifs is 2. The molecule has 0 saturated heterocycles. The van der Waals surface area contributed by atoms with Gasteiger partial charge in [-0.1, -0.05) is 6.07 Å². The van der Waals surface area contributed by atoms with Crippen molar-refractivity contribution in [1.29, 1.82) is 0 Å².